The van der Waals surface area contributed by atoms with Crippen molar-refractivity contribution in [1.82, 2.24) is 5.32 Å². The SMILES string of the molecule is CNCC(CC1COC1)c1cccc(Br)c1. The topological polar surface area (TPSA) is 21.3 Å². The Morgan fingerprint density at radius 1 is 1.50 bits per heavy atom. The second-order valence-electron chi connectivity index (χ2n) is 4.45. The van der Waals surface area contributed by atoms with E-state index in [2.05, 4.69) is 45.5 Å². The molecule has 1 saturated heterocycles. The lowest BCUT2D eigenvalue weighted by Crippen LogP contribution is -2.31. The van der Waals surface area contributed by atoms with E-state index in [9.17, 15) is 0 Å². The summed E-state index contributed by atoms with van der Waals surface area (Å²) in [7, 11) is 2.02. The van der Waals surface area contributed by atoms with Crippen molar-refractivity contribution in [3.8, 4) is 0 Å². The molecule has 1 fully saturated rings. The predicted octanol–water partition coefficient (Wildman–Crippen LogP) is 2.79. The van der Waals surface area contributed by atoms with Crippen LogP contribution in [0.15, 0.2) is 28.7 Å². The van der Waals surface area contributed by atoms with Gasteiger partial charge in [-0.15, -0.1) is 0 Å². The van der Waals surface area contributed by atoms with Crippen LogP contribution in [0.4, 0.5) is 0 Å². The summed E-state index contributed by atoms with van der Waals surface area (Å²) in [6, 6.07) is 8.62. The van der Waals surface area contributed by atoms with Crippen LogP contribution in [0.25, 0.3) is 0 Å². The van der Waals surface area contributed by atoms with Crippen LogP contribution < -0.4 is 5.32 Å². The molecule has 16 heavy (non-hydrogen) atoms. The number of rotatable bonds is 5. The van der Waals surface area contributed by atoms with Crippen molar-refractivity contribution in [2.24, 2.45) is 5.92 Å². The van der Waals surface area contributed by atoms with Crippen LogP contribution in [0.2, 0.25) is 0 Å². The first kappa shape index (κ1) is 12.1. The van der Waals surface area contributed by atoms with Crippen LogP contribution >= 0.6 is 15.9 Å². The number of benzene rings is 1. The zero-order valence-corrected chi connectivity index (χ0v) is 11.2. The molecule has 1 N–H and O–H groups in total. The van der Waals surface area contributed by atoms with E-state index in [1.807, 2.05) is 7.05 Å². The Kier molecular flexibility index (Phi) is 4.38. The molecule has 0 aliphatic carbocycles. The largest absolute Gasteiger partial charge is 0.381 e. The number of hydrogen-bond donors (Lipinski definition) is 1. The Morgan fingerprint density at radius 2 is 2.31 bits per heavy atom. The van der Waals surface area contributed by atoms with Gasteiger partial charge in [-0.2, -0.15) is 0 Å². The smallest absolute Gasteiger partial charge is 0.0516 e. The Labute approximate surface area is 106 Å². The summed E-state index contributed by atoms with van der Waals surface area (Å²) in [5.41, 5.74) is 1.41. The van der Waals surface area contributed by atoms with E-state index in [-0.39, 0.29) is 0 Å². The Hall–Kier alpha value is -0.380. The molecule has 0 radical (unpaired) electrons. The van der Waals surface area contributed by atoms with Gasteiger partial charge in [-0.05, 0) is 37.1 Å². The van der Waals surface area contributed by atoms with Crippen LogP contribution in [0.1, 0.15) is 17.9 Å². The highest BCUT2D eigenvalue weighted by atomic mass is 79.9. The summed E-state index contributed by atoms with van der Waals surface area (Å²) in [5, 5.41) is 3.28. The first-order chi connectivity index (χ1) is 7.79. The number of nitrogens with one attached hydrogen (secondary N) is 1. The van der Waals surface area contributed by atoms with Gasteiger partial charge < -0.3 is 10.1 Å². The maximum atomic E-state index is 5.24. The van der Waals surface area contributed by atoms with Gasteiger partial charge in [0.1, 0.15) is 0 Å². The maximum absolute atomic E-state index is 5.24. The Morgan fingerprint density at radius 3 is 2.88 bits per heavy atom. The van der Waals surface area contributed by atoms with E-state index < -0.39 is 0 Å². The maximum Gasteiger partial charge on any atom is 0.0516 e. The van der Waals surface area contributed by atoms with E-state index in [1.54, 1.807) is 0 Å². The molecule has 0 amide bonds. The third-order valence-corrected chi connectivity index (χ3v) is 3.59. The molecule has 0 saturated carbocycles. The van der Waals surface area contributed by atoms with Crippen molar-refractivity contribution < 1.29 is 4.74 Å². The van der Waals surface area contributed by atoms with Crippen molar-refractivity contribution in [2.45, 2.75) is 12.3 Å². The Balaban J connectivity index is 2.04. The lowest BCUT2D eigenvalue weighted by atomic mass is 9.88. The van der Waals surface area contributed by atoms with E-state index in [4.69, 9.17) is 4.74 Å². The van der Waals surface area contributed by atoms with Gasteiger partial charge in [0, 0.05) is 16.9 Å². The monoisotopic (exact) mass is 283 g/mol. The van der Waals surface area contributed by atoms with Crippen molar-refractivity contribution >= 4 is 15.9 Å². The van der Waals surface area contributed by atoms with Crippen LogP contribution in [0.5, 0.6) is 0 Å². The van der Waals surface area contributed by atoms with Gasteiger partial charge in [0.15, 0.2) is 0 Å². The summed E-state index contributed by atoms with van der Waals surface area (Å²) in [6.07, 6.45) is 1.22. The second-order valence-corrected chi connectivity index (χ2v) is 5.36. The fraction of sp³-hybridized carbons (Fsp3) is 0.538. The molecular formula is C13H18BrNO. The third kappa shape index (κ3) is 3.06. The summed E-state index contributed by atoms with van der Waals surface area (Å²) in [4.78, 5) is 0. The first-order valence-electron chi connectivity index (χ1n) is 5.77. The van der Waals surface area contributed by atoms with E-state index >= 15 is 0 Å². The van der Waals surface area contributed by atoms with Crippen molar-refractivity contribution in [2.75, 3.05) is 26.8 Å². The second kappa shape index (κ2) is 5.80. The van der Waals surface area contributed by atoms with Crippen LogP contribution in [-0.4, -0.2) is 26.8 Å². The molecule has 1 heterocycles. The Bertz CT molecular complexity index is 338. The molecule has 3 heteroatoms. The van der Waals surface area contributed by atoms with Crippen molar-refractivity contribution in [1.29, 1.82) is 0 Å². The molecule has 2 nitrogen and oxygen atoms in total. The zero-order chi connectivity index (χ0) is 11.4. The van der Waals surface area contributed by atoms with Crippen LogP contribution in [0.3, 0.4) is 0 Å². The minimum atomic E-state index is 0.594. The van der Waals surface area contributed by atoms with Gasteiger partial charge in [0.2, 0.25) is 0 Å². The van der Waals surface area contributed by atoms with E-state index in [1.165, 1.54) is 12.0 Å². The number of hydrogen-bond acceptors (Lipinski definition) is 2. The zero-order valence-electron chi connectivity index (χ0n) is 9.58. The highest BCUT2D eigenvalue weighted by Crippen LogP contribution is 2.28. The summed E-state index contributed by atoms with van der Waals surface area (Å²) < 4.78 is 6.41. The molecule has 1 aromatic carbocycles. The fourth-order valence-electron chi connectivity index (χ4n) is 2.17. The number of halogens is 1. The molecule has 1 aromatic rings. The molecule has 1 aliphatic rings. The highest BCUT2D eigenvalue weighted by Gasteiger charge is 2.23. The molecular weight excluding hydrogens is 266 g/mol. The summed E-state index contributed by atoms with van der Waals surface area (Å²) in [6.45, 7) is 2.91. The minimum Gasteiger partial charge on any atom is -0.381 e. The highest BCUT2D eigenvalue weighted by molar-refractivity contribution is 9.10. The van der Waals surface area contributed by atoms with Crippen molar-refractivity contribution in [3.05, 3.63) is 34.3 Å². The van der Waals surface area contributed by atoms with Gasteiger partial charge in [0.25, 0.3) is 0 Å². The van der Waals surface area contributed by atoms with Crippen LogP contribution in [0, 0.1) is 5.92 Å². The van der Waals surface area contributed by atoms with Gasteiger partial charge in [-0.3, -0.25) is 0 Å². The molecule has 0 bridgehead atoms. The third-order valence-electron chi connectivity index (χ3n) is 3.10. The average molecular weight is 284 g/mol. The minimum absolute atomic E-state index is 0.594. The summed E-state index contributed by atoms with van der Waals surface area (Å²) in [5.74, 6) is 1.34. The quantitative estimate of drug-likeness (QED) is 0.897. The number of likely N-dealkylation sites (N-methyl/N-ethyl adjacent to an activating group) is 1. The molecule has 1 atom stereocenters. The van der Waals surface area contributed by atoms with Gasteiger partial charge >= 0.3 is 0 Å². The lowest BCUT2D eigenvalue weighted by Gasteiger charge is -2.30. The summed E-state index contributed by atoms with van der Waals surface area (Å²) >= 11 is 3.53. The predicted molar refractivity (Wildman–Crippen MR) is 69.7 cm³/mol. The molecule has 0 aromatic heterocycles. The van der Waals surface area contributed by atoms with Gasteiger partial charge in [-0.1, -0.05) is 28.1 Å². The van der Waals surface area contributed by atoms with Crippen molar-refractivity contribution in [3.63, 3.8) is 0 Å². The van der Waals surface area contributed by atoms with E-state index in [0.717, 1.165) is 30.1 Å². The van der Waals surface area contributed by atoms with Crippen LogP contribution in [-0.2, 0) is 4.74 Å². The normalized spacial score (nSPS) is 18.1. The standard InChI is InChI=1S/C13H18BrNO/c1-15-7-12(5-10-8-16-9-10)11-3-2-4-13(14)6-11/h2-4,6,10,12,15H,5,7-9H2,1H3. The van der Waals surface area contributed by atoms with Gasteiger partial charge in [-0.25, -0.2) is 0 Å². The average Bonchev–Trinajstić information content (AvgIpc) is 2.21. The van der Waals surface area contributed by atoms with E-state index in [0.29, 0.717) is 5.92 Å². The lowest BCUT2D eigenvalue weighted by molar-refractivity contribution is -0.0384. The molecule has 1 unspecified atom stereocenters. The van der Waals surface area contributed by atoms with Gasteiger partial charge in [0.05, 0.1) is 13.2 Å². The first-order valence-corrected chi connectivity index (χ1v) is 6.56. The fourth-order valence-corrected chi connectivity index (χ4v) is 2.58. The molecule has 1 aliphatic heterocycles. The molecule has 0 spiro atoms. The number of ether oxygens (including phenoxy) is 1. The molecule has 2 rings (SSSR count). The molecule has 88 valence electrons.